The molecule has 0 bridgehead atoms. The van der Waals surface area contributed by atoms with E-state index in [2.05, 4.69) is 4.98 Å². The first-order valence-corrected chi connectivity index (χ1v) is 5.76. The molecule has 6 heteroatoms. The second kappa shape index (κ2) is 5.67. The van der Waals surface area contributed by atoms with Gasteiger partial charge in [-0.05, 0) is 24.3 Å². The summed E-state index contributed by atoms with van der Waals surface area (Å²) in [5, 5.41) is 0.402. The lowest BCUT2D eigenvalue weighted by molar-refractivity contribution is 0.0472. The first kappa shape index (κ1) is 13.3. The van der Waals surface area contributed by atoms with Crippen molar-refractivity contribution in [3.8, 4) is 0 Å². The number of nitrogen functional groups attached to an aromatic ring is 1. The quantitative estimate of drug-likeness (QED) is 0.693. The third-order valence-corrected chi connectivity index (χ3v) is 2.79. The highest BCUT2D eigenvalue weighted by atomic mass is 35.5. The number of esters is 1. The lowest BCUT2D eigenvalue weighted by Gasteiger charge is -2.06. The molecular weight excluding hydrogens is 271 g/mol. The summed E-state index contributed by atoms with van der Waals surface area (Å²) in [5.41, 5.74) is 6.02. The Morgan fingerprint density at radius 1 is 1.42 bits per heavy atom. The van der Waals surface area contributed by atoms with Gasteiger partial charge in [0.15, 0.2) is 0 Å². The first-order valence-electron chi connectivity index (χ1n) is 5.38. The van der Waals surface area contributed by atoms with Crippen molar-refractivity contribution in [3.05, 3.63) is 58.6 Å². The summed E-state index contributed by atoms with van der Waals surface area (Å²) in [4.78, 5) is 15.5. The first-order chi connectivity index (χ1) is 9.08. The molecule has 0 saturated carbocycles. The van der Waals surface area contributed by atoms with Crippen molar-refractivity contribution in [1.82, 2.24) is 4.98 Å². The van der Waals surface area contributed by atoms with Crippen molar-refractivity contribution in [3.63, 3.8) is 0 Å². The fourth-order valence-electron chi connectivity index (χ4n) is 1.40. The number of anilines is 1. The SMILES string of the molecule is Nc1ccc(C(=O)OCc2ccncc2Cl)cc1F. The van der Waals surface area contributed by atoms with Crippen LogP contribution in [0, 0.1) is 5.82 Å². The van der Waals surface area contributed by atoms with Gasteiger partial charge >= 0.3 is 5.97 Å². The van der Waals surface area contributed by atoms with E-state index >= 15 is 0 Å². The Morgan fingerprint density at radius 3 is 2.89 bits per heavy atom. The van der Waals surface area contributed by atoms with E-state index in [1.165, 1.54) is 24.5 Å². The summed E-state index contributed by atoms with van der Waals surface area (Å²) in [6.07, 6.45) is 2.99. The number of rotatable bonds is 3. The Labute approximate surface area is 114 Å². The molecule has 19 heavy (non-hydrogen) atoms. The van der Waals surface area contributed by atoms with Gasteiger partial charge in [0.25, 0.3) is 0 Å². The number of ether oxygens (including phenoxy) is 1. The van der Waals surface area contributed by atoms with Gasteiger partial charge in [0.1, 0.15) is 12.4 Å². The van der Waals surface area contributed by atoms with E-state index in [0.717, 1.165) is 6.07 Å². The molecule has 0 saturated heterocycles. The van der Waals surface area contributed by atoms with Crippen LogP contribution in [0.3, 0.4) is 0 Å². The zero-order valence-electron chi connectivity index (χ0n) is 9.77. The molecule has 1 heterocycles. The molecule has 2 aromatic rings. The molecule has 0 fully saturated rings. The number of hydrogen-bond donors (Lipinski definition) is 1. The highest BCUT2D eigenvalue weighted by molar-refractivity contribution is 6.31. The number of nitrogens with two attached hydrogens (primary N) is 1. The van der Waals surface area contributed by atoms with Crippen LogP contribution >= 0.6 is 11.6 Å². The van der Waals surface area contributed by atoms with Gasteiger partial charge in [0.05, 0.1) is 16.3 Å². The Kier molecular flexibility index (Phi) is 3.97. The van der Waals surface area contributed by atoms with E-state index in [4.69, 9.17) is 22.1 Å². The number of benzene rings is 1. The molecule has 0 radical (unpaired) electrons. The summed E-state index contributed by atoms with van der Waals surface area (Å²) >= 11 is 5.87. The lowest BCUT2D eigenvalue weighted by atomic mass is 10.2. The maximum atomic E-state index is 13.2. The van der Waals surface area contributed by atoms with Crippen LogP contribution < -0.4 is 5.73 Å². The Bertz CT molecular complexity index is 619. The minimum Gasteiger partial charge on any atom is -0.457 e. The van der Waals surface area contributed by atoms with Crippen LogP contribution in [0.15, 0.2) is 36.7 Å². The molecule has 1 aromatic heterocycles. The van der Waals surface area contributed by atoms with Crippen molar-refractivity contribution in [2.24, 2.45) is 0 Å². The smallest absolute Gasteiger partial charge is 0.338 e. The van der Waals surface area contributed by atoms with Gasteiger partial charge in [-0.2, -0.15) is 0 Å². The van der Waals surface area contributed by atoms with Gasteiger partial charge in [-0.1, -0.05) is 11.6 Å². The molecule has 2 N–H and O–H groups in total. The molecule has 1 aromatic carbocycles. The number of halogens is 2. The monoisotopic (exact) mass is 280 g/mol. The number of hydrogen-bond acceptors (Lipinski definition) is 4. The van der Waals surface area contributed by atoms with E-state index in [9.17, 15) is 9.18 Å². The molecule has 0 spiro atoms. The van der Waals surface area contributed by atoms with Crippen LogP contribution in [0.2, 0.25) is 5.02 Å². The van der Waals surface area contributed by atoms with Crippen LogP contribution in [0.1, 0.15) is 15.9 Å². The van der Waals surface area contributed by atoms with Gasteiger partial charge in [-0.25, -0.2) is 9.18 Å². The van der Waals surface area contributed by atoms with E-state index in [1.807, 2.05) is 0 Å². The lowest BCUT2D eigenvalue weighted by Crippen LogP contribution is -2.06. The highest BCUT2D eigenvalue weighted by Gasteiger charge is 2.11. The molecule has 0 amide bonds. The Balaban J connectivity index is 2.05. The fraction of sp³-hybridized carbons (Fsp3) is 0.0769. The topological polar surface area (TPSA) is 65.2 Å². The van der Waals surface area contributed by atoms with E-state index < -0.39 is 11.8 Å². The summed E-state index contributed by atoms with van der Waals surface area (Å²) in [6, 6.07) is 5.38. The predicted molar refractivity (Wildman–Crippen MR) is 69.2 cm³/mol. The highest BCUT2D eigenvalue weighted by Crippen LogP contribution is 2.16. The molecule has 0 unspecified atom stereocenters. The molecule has 98 valence electrons. The van der Waals surface area contributed by atoms with Crippen LogP contribution in [-0.4, -0.2) is 11.0 Å². The summed E-state index contributed by atoms with van der Waals surface area (Å²) in [5.74, 6) is -1.30. The van der Waals surface area contributed by atoms with Crippen molar-refractivity contribution < 1.29 is 13.9 Å². The second-order valence-corrected chi connectivity index (χ2v) is 4.19. The number of carbonyl (C=O) groups excluding carboxylic acids is 1. The molecule has 0 atom stereocenters. The zero-order chi connectivity index (χ0) is 13.8. The fourth-order valence-corrected chi connectivity index (χ4v) is 1.58. The average molecular weight is 281 g/mol. The minimum atomic E-state index is -0.656. The maximum absolute atomic E-state index is 13.2. The van der Waals surface area contributed by atoms with Crippen molar-refractivity contribution >= 4 is 23.3 Å². The van der Waals surface area contributed by atoms with Gasteiger partial charge in [0, 0.05) is 18.0 Å². The third-order valence-electron chi connectivity index (χ3n) is 2.45. The molecule has 2 rings (SSSR count). The van der Waals surface area contributed by atoms with Gasteiger partial charge in [-0.3, -0.25) is 4.98 Å². The van der Waals surface area contributed by atoms with Gasteiger partial charge < -0.3 is 10.5 Å². The predicted octanol–water partition coefficient (Wildman–Crippen LogP) is 2.81. The molecular formula is C13H10ClFN2O2. The van der Waals surface area contributed by atoms with Crippen LogP contribution in [-0.2, 0) is 11.3 Å². The normalized spacial score (nSPS) is 10.2. The number of nitrogens with zero attached hydrogens (tertiary/aromatic N) is 1. The second-order valence-electron chi connectivity index (χ2n) is 3.78. The maximum Gasteiger partial charge on any atom is 0.338 e. The molecule has 0 aliphatic carbocycles. The zero-order valence-corrected chi connectivity index (χ0v) is 10.5. The van der Waals surface area contributed by atoms with Gasteiger partial charge in [0.2, 0.25) is 0 Å². The standard InChI is InChI=1S/C13H10ClFN2O2/c14-10-6-17-4-3-9(10)7-19-13(18)8-1-2-12(16)11(15)5-8/h1-6H,7,16H2. The van der Waals surface area contributed by atoms with Crippen LogP contribution in [0.4, 0.5) is 10.1 Å². The van der Waals surface area contributed by atoms with Crippen molar-refractivity contribution in [2.45, 2.75) is 6.61 Å². The molecule has 0 aliphatic rings. The van der Waals surface area contributed by atoms with E-state index in [1.54, 1.807) is 6.07 Å². The van der Waals surface area contributed by atoms with Crippen LogP contribution in [0.25, 0.3) is 0 Å². The Morgan fingerprint density at radius 2 is 2.21 bits per heavy atom. The summed E-state index contributed by atoms with van der Waals surface area (Å²) in [7, 11) is 0. The van der Waals surface area contributed by atoms with E-state index in [-0.39, 0.29) is 17.9 Å². The van der Waals surface area contributed by atoms with Crippen molar-refractivity contribution in [2.75, 3.05) is 5.73 Å². The largest absolute Gasteiger partial charge is 0.457 e. The molecule has 0 aliphatic heterocycles. The number of aromatic nitrogens is 1. The molecule has 4 nitrogen and oxygen atoms in total. The Hall–Kier alpha value is -2.14. The summed E-state index contributed by atoms with van der Waals surface area (Å²) in [6.45, 7) is -0.00776. The number of pyridine rings is 1. The number of carbonyl (C=O) groups is 1. The van der Waals surface area contributed by atoms with Gasteiger partial charge in [-0.15, -0.1) is 0 Å². The van der Waals surface area contributed by atoms with Crippen LogP contribution in [0.5, 0.6) is 0 Å². The average Bonchev–Trinajstić information content (AvgIpc) is 2.40. The minimum absolute atomic E-state index is 0.00776. The van der Waals surface area contributed by atoms with E-state index in [0.29, 0.717) is 10.6 Å². The summed E-state index contributed by atoms with van der Waals surface area (Å²) < 4.78 is 18.2. The van der Waals surface area contributed by atoms with Crippen molar-refractivity contribution in [1.29, 1.82) is 0 Å². The third kappa shape index (κ3) is 3.20.